The van der Waals surface area contributed by atoms with Crippen molar-refractivity contribution in [3.05, 3.63) is 65.2 Å². The van der Waals surface area contributed by atoms with Crippen LogP contribution in [0.4, 0.5) is 5.69 Å². The first kappa shape index (κ1) is 25.1. The summed E-state index contributed by atoms with van der Waals surface area (Å²) >= 11 is 6.60. The number of ether oxygens (including phenoxy) is 1. The van der Waals surface area contributed by atoms with Crippen molar-refractivity contribution in [2.24, 2.45) is 4.99 Å². The molecule has 0 radical (unpaired) electrons. The first-order valence-electron chi connectivity index (χ1n) is 11.3. The molecule has 0 aliphatic carbocycles. The largest absolute Gasteiger partial charge is 0.381 e. The van der Waals surface area contributed by atoms with Crippen LogP contribution in [0.5, 0.6) is 0 Å². The van der Waals surface area contributed by atoms with E-state index >= 15 is 0 Å². The third kappa shape index (κ3) is 6.08. The van der Waals surface area contributed by atoms with Crippen LogP contribution in [0.1, 0.15) is 31.2 Å². The molecule has 2 aromatic rings. The van der Waals surface area contributed by atoms with Gasteiger partial charge in [0.05, 0.1) is 0 Å². The molecule has 174 valence electrons. The third-order valence-electron chi connectivity index (χ3n) is 6.67. The van der Waals surface area contributed by atoms with Crippen molar-refractivity contribution in [1.82, 2.24) is 10.6 Å². The first-order valence-corrected chi connectivity index (χ1v) is 11.7. The van der Waals surface area contributed by atoms with Crippen LogP contribution in [0.2, 0.25) is 5.02 Å². The minimum Gasteiger partial charge on any atom is -0.381 e. The monoisotopic (exact) mass is 568 g/mol. The molecule has 2 aliphatic heterocycles. The fraction of sp³-hybridized carbons (Fsp3) is 0.480. The molecule has 2 N–H and O–H groups in total. The van der Waals surface area contributed by atoms with Crippen molar-refractivity contribution in [3.63, 3.8) is 0 Å². The average Bonchev–Trinajstić information content (AvgIpc) is 2.83. The summed E-state index contributed by atoms with van der Waals surface area (Å²) in [6, 6.07) is 19.3. The fourth-order valence-corrected chi connectivity index (χ4v) is 5.09. The maximum absolute atomic E-state index is 6.60. The molecule has 0 spiro atoms. The number of halogens is 2. The molecule has 5 nitrogen and oxygen atoms in total. The minimum absolute atomic E-state index is 0. The number of hydrogen-bond acceptors (Lipinski definition) is 3. The average molecular weight is 569 g/mol. The van der Waals surface area contributed by atoms with Gasteiger partial charge in [0.1, 0.15) is 0 Å². The van der Waals surface area contributed by atoms with E-state index in [2.05, 4.69) is 63.0 Å². The van der Waals surface area contributed by atoms with E-state index < -0.39 is 0 Å². The van der Waals surface area contributed by atoms with Crippen LogP contribution >= 0.6 is 35.6 Å². The molecular formula is C25H34ClIN4O. The molecule has 2 saturated heterocycles. The van der Waals surface area contributed by atoms with Crippen molar-refractivity contribution >= 4 is 47.2 Å². The molecule has 0 aromatic heterocycles. The van der Waals surface area contributed by atoms with E-state index in [1.807, 2.05) is 19.2 Å². The molecule has 2 aromatic carbocycles. The Morgan fingerprint density at radius 1 is 1.06 bits per heavy atom. The molecule has 0 bridgehead atoms. The van der Waals surface area contributed by atoms with E-state index in [9.17, 15) is 0 Å². The quantitative estimate of drug-likeness (QED) is 0.308. The van der Waals surface area contributed by atoms with Gasteiger partial charge >= 0.3 is 0 Å². The van der Waals surface area contributed by atoms with Crippen molar-refractivity contribution < 1.29 is 4.74 Å². The zero-order valence-electron chi connectivity index (χ0n) is 18.7. The second-order valence-electron chi connectivity index (χ2n) is 8.54. The van der Waals surface area contributed by atoms with E-state index in [1.54, 1.807) is 0 Å². The molecule has 2 heterocycles. The van der Waals surface area contributed by atoms with Crippen LogP contribution in [-0.4, -0.2) is 51.9 Å². The topological polar surface area (TPSA) is 48.9 Å². The van der Waals surface area contributed by atoms with Crippen LogP contribution in [0.25, 0.3) is 0 Å². The van der Waals surface area contributed by atoms with E-state index in [1.165, 1.54) is 11.3 Å². The summed E-state index contributed by atoms with van der Waals surface area (Å²) < 4.78 is 5.67. The molecule has 4 rings (SSSR count). The second-order valence-corrected chi connectivity index (χ2v) is 8.95. The van der Waals surface area contributed by atoms with Crippen LogP contribution in [0.3, 0.4) is 0 Å². The maximum Gasteiger partial charge on any atom is 0.191 e. The van der Waals surface area contributed by atoms with Gasteiger partial charge in [-0.15, -0.1) is 24.0 Å². The Kier molecular flexibility index (Phi) is 9.49. The number of rotatable bonds is 5. The van der Waals surface area contributed by atoms with Crippen molar-refractivity contribution in [1.29, 1.82) is 0 Å². The van der Waals surface area contributed by atoms with Crippen LogP contribution < -0.4 is 15.5 Å². The summed E-state index contributed by atoms with van der Waals surface area (Å²) in [7, 11) is 1.85. The van der Waals surface area contributed by atoms with E-state index in [-0.39, 0.29) is 29.4 Å². The first-order chi connectivity index (χ1) is 15.2. The normalized spacial score (nSPS) is 19.2. The van der Waals surface area contributed by atoms with Gasteiger partial charge in [-0.1, -0.05) is 48.0 Å². The zero-order valence-corrected chi connectivity index (χ0v) is 21.8. The lowest BCUT2D eigenvalue weighted by Gasteiger charge is -2.39. The Balaban J connectivity index is 0.00000289. The Labute approximate surface area is 214 Å². The number of hydrogen-bond donors (Lipinski definition) is 2. The summed E-state index contributed by atoms with van der Waals surface area (Å²) in [6.45, 7) is 4.43. The predicted octanol–water partition coefficient (Wildman–Crippen LogP) is 4.84. The molecule has 32 heavy (non-hydrogen) atoms. The number of guanidine groups is 1. The number of para-hydroxylation sites is 1. The highest BCUT2D eigenvalue weighted by Gasteiger charge is 2.36. The van der Waals surface area contributed by atoms with Gasteiger partial charge < -0.3 is 20.3 Å². The lowest BCUT2D eigenvalue weighted by atomic mass is 9.74. The smallest absolute Gasteiger partial charge is 0.191 e. The Hall–Kier alpha value is -1.51. The van der Waals surface area contributed by atoms with E-state index in [0.29, 0.717) is 6.04 Å². The summed E-state index contributed by atoms with van der Waals surface area (Å²) in [5.74, 6) is 0.871. The second kappa shape index (κ2) is 12.1. The maximum atomic E-state index is 6.60. The molecule has 2 aliphatic rings. The Morgan fingerprint density at radius 3 is 2.38 bits per heavy atom. The van der Waals surface area contributed by atoms with Crippen molar-refractivity contribution in [2.75, 3.05) is 44.8 Å². The highest BCUT2D eigenvalue weighted by Crippen LogP contribution is 2.38. The molecule has 2 fully saturated rings. The predicted molar refractivity (Wildman–Crippen MR) is 145 cm³/mol. The van der Waals surface area contributed by atoms with Gasteiger partial charge in [0.2, 0.25) is 0 Å². The van der Waals surface area contributed by atoms with Crippen molar-refractivity contribution in [2.45, 2.75) is 37.1 Å². The van der Waals surface area contributed by atoms with Gasteiger partial charge in [-0.25, -0.2) is 0 Å². The van der Waals surface area contributed by atoms with Crippen LogP contribution in [0, 0.1) is 0 Å². The minimum atomic E-state index is -0.0368. The molecule has 0 amide bonds. The summed E-state index contributed by atoms with van der Waals surface area (Å²) in [4.78, 5) is 6.97. The van der Waals surface area contributed by atoms with Crippen LogP contribution in [0.15, 0.2) is 59.6 Å². The number of piperidine rings is 1. The number of nitrogens with zero attached hydrogens (tertiary/aromatic N) is 2. The summed E-state index contributed by atoms with van der Waals surface area (Å²) in [5, 5.41) is 8.09. The van der Waals surface area contributed by atoms with Gasteiger partial charge in [0.25, 0.3) is 0 Å². The standard InChI is InChI=1S/C25H33ClN4O.HI/c1-27-24(29-20-11-15-30(16-12-20)21-7-3-2-4-8-21)28-19-25(13-17-31-18-14-25)22-9-5-6-10-23(22)26;/h2-10,20H,11-19H2,1H3,(H2,27,28,29);1H. The number of nitrogens with one attached hydrogen (secondary N) is 2. The summed E-state index contributed by atoms with van der Waals surface area (Å²) in [6.07, 6.45) is 4.10. The molecule has 0 atom stereocenters. The highest BCUT2D eigenvalue weighted by atomic mass is 127. The Bertz CT molecular complexity index is 865. The fourth-order valence-electron chi connectivity index (χ4n) is 4.76. The van der Waals surface area contributed by atoms with Gasteiger partial charge in [-0.05, 0) is 49.4 Å². The van der Waals surface area contributed by atoms with Gasteiger partial charge in [0, 0.05) is 62.1 Å². The van der Waals surface area contributed by atoms with Crippen molar-refractivity contribution in [3.8, 4) is 0 Å². The zero-order chi connectivity index (χ0) is 21.5. The molecular weight excluding hydrogens is 535 g/mol. The number of anilines is 1. The third-order valence-corrected chi connectivity index (χ3v) is 7.00. The van der Waals surface area contributed by atoms with E-state index in [4.69, 9.17) is 16.3 Å². The SMILES string of the molecule is CN=C(NCC1(c2ccccc2Cl)CCOCC1)NC1CCN(c2ccccc2)CC1.I. The number of benzene rings is 2. The molecule has 0 unspecified atom stereocenters. The molecule has 7 heteroatoms. The van der Waals surface area contributed by atoms with Gasteiger partial charge in [-0.2, -0.15) is 0 Å². The number of aliphatic imine (C=N–C) groups is 1. The van der Waals surface area contributed by atoms with E-state index in [0.717, 1.165) is 69.5 Å². The lowest BCUT2D eigenvalue weighted by molar-refractivity contribution is 0.0514. The summed E-state index contributed by atoms with van der Waals surface area (Å²) in [5.41, 5.74) is 2.48. The van der Waals surface area contributed by atoms with Gasteiger partial charge in [-0.3, -0.25) is 4.99 Å². The molecule has 0 saturated carbocycles. The Morgan fingerprint density at radius 2 is 1.72 bits per heavy atom. The lowest BCUT2D eigenvalue weighted by Crippen LogP contribution is -2.52. The van der Waals surface area contributed by atoms with Crippen LogP contribution in [-0.2, 0) is 10.2 Å². The highest BCUT2D eigenvalue weighted by molar-refractivity contribution is 14.0. The van der Waals surface area contributed by atoms with Gasteiger partial charge in [0.15, 0.2) is 5.96 Å².